The van der Waals surface area contributed by atoms with E-state index < -0.39 is 62.4 Å². The van der Waals surface area contributed by atoms with Crippen molar-refractivity contribution in [3.63, 3.8) is 0 Å². The molecule has 0 saturated carbocycles. The van der Waals surface area contributed by atoms with Gasteiger partial charge in [0.2, 0.25) is 5.91 Å². The van der Waals surface area contributed by atoms with Crippen molar-refractivity contribution in [1.82, 2.24) is 4.90 Å². The fraction of sp³-hybridized carbons (Fsp3) is 0.750. The molecule has 0 aromatic carbocycles. The smallest absolute Gasteiger partial charge is 0.328 e. The van der Waals surface area contributed by atoms with E-state index in [2.05, 4.69) is 0 Å². The lowest BCUT2D eigenvalue weighted by atomic mass is 9.92. The average Bonchev–Trinajstić information content (AvgIpc) is 2.52. The van der Waals surface area contributed by atoms with Crippen molar-refractivity contribution >= 4 is 27.7 Å². The molecule has 0 radical (unpaired) electrons. The number of hydrogen-bond acceptors (Lipinski definition) is 7. The maximum absolute atomic E-state index is 12.5. The average molecular weight is 334 g/mol. The van der Waals surface area contributed by atoms with Gasteiger partial charge < -0.3 is 20.5 Å². The molecule has 10 heteroatoms. The fourth-order valence-electron chi connectivity index (χ4n) is 2.87. The highest BCUT2D eigenvalue weighted by molar-refractivity contribution is 7.93. The first-order valence-electron chi connectivity index (χ1n) is 6.65. The monoisotopic (exact) mass is 334 g/mol. The first kappa shape index (κ1) is 16.7. The van der Waals surface area contributed by atoms with Gasteiger partial charge in [0.05, 0.1) is 4.75 Å². The third kappa shape index (κ3) is 2.01. The third-order valence-corrected chi connectivity index (χ3v) is 7.07. The van der Waals surface area contributed by atoms with Crippen LogP contribution >= 0.6 is 0 Å². The summed E-state index contributed by atoms with van der Waals surface area (Å²) in [5.74, 6) is -3.87. The maximum Gasteiger partial charge on any atom is 0.328 e. The van der Waals surface area contributed by atoms with Crippen molar-refractivity contribution in [1.29, 1.82) is 0 Å². The highest BCUT2D eigenvalue weighted by Gasteiger charge is 2.72. The summed E-state index contributed by atoms with van der Waals surface area (Å²) < 4.78 is 28.2. The van der Waals surface area contributed by atoms with Crippen molar-refractivity contribution in [2.45, 2.75) is 43.0 Å². The Morgan fingerprint density at radius 3 is 2.45 bits per heavy atom. The molecule has 1 amide bonds. The van der Waals surface area contributed by atoms with Gasteiger partial charge in [-0.25, -0.2) is 13.2 Å². The second-order valence-corrected chi connectivity index (χ2v) is 8.68. The molecule has 0 bridgehead atoms. The number of fused-ring (bicyclic) bond motifs is 1. The number of amides is 1. The summed E-state index contributed by atoms with van der Waals surface area (Å²) in [5, 5.41) is 7.96. The van der Waals surface area contributed by atoms with Gasteiger partial charge in [-0.1, -0.05) is 0 Å². The number of carbonyl (C=O) groups excluding carboxylic acids is 2. The molecule has 2 aliphatic rings. The Balaban J connectivity index is 2.27. The number of carboxylic acid groups (broad SMARTS) is 1. The topological polar surface area (TPSA) is 144 Å². The summed E-state index contributed by atoms with van der Waals surface area (Å²) in [5.41, 5.74) is 5.32. The van der Waals surface area contributed by atoms with Crippen LogP contribution in [0.5, 0.6) is 0 Å². The second kappa shape index (κ2) is 4.92. The minimum atomic E-state index is -3.91. The Labute approximate surface area is 127 Å². The minimum absolute atomic E-state index is 0.429. The molecular weight excluding hydrogens is 316 g/mol. The lowest BCUT2D eigenvalue weighted by Crippen LogP contribution is -2.64. The van der Waals surface area contributed by atoms with Gasteiger partial charge in [-0.15, -0.1) is 0 Å². The van der Waals surface area contributed by atoms with E-state index in [1.54, 1.807) is 0 Å². The number of aliphatic carboxylic acids is 1. The van der Waals surface area contributed by atoms with Crippen molar-refractivity contribution < 1.29 is 32.6 Å². The number of hydrogen-bond donors (Lipinski definition) is 2. The Morgan fingerprint density at radius 1 is 1.45 bits per heavy atom. The van der Waals surface area contributed by atoms with Crippen LogP contribution in [0.2, 0.25) is 0 Å². The molecule has 2 heterocycles. The summed E-state index contributed by atoms with van der Waals surface area (Å²) in [6.07, 6.45) is 0. The van der Waals surface area contributed by atoms with Crippen LogP contribution < -0.4 is 5.73 Å². The van der Waals surface area contributed by atoms with Crippen LogP contribution in [0.1, 0.15) is 20.8 Å². The molecule has 0 spiro atoms. The van der Waals surface area contributed by atoms with Crippen molar-refractivity contribution in [3.05, 3.63) is 0 Å². The summed E-state index contributed by atoms with van der Waals surface area (Å²) in [4.78, 5) is 35.6. The molecule has 2 fully saturated rings. The van der Waals surface area contributed by atoms with E-state index in [9.17, 15) is 27.9 Å². The van der Waals surface area contributed by atoms with Gasteiger partial charge in [0.25, 0.3) is 0 Å². The SMILES string of the molecule is C[C@H](N)C(=O)OC[C@H]1C(=O)N2[C@@H](C(=O)O)C(C)(C)S(=O)(=O)[C@H]12. The Morgan fingerprint density at radius 2 is 2.00 bits per heavy atom. The number of carbonyl (C=O) groups is 3. The van der Waals surface area contributed by atoms with Crippen LogP contribution in [-0.2, 0) is 29.0 Å². The number of nitrogens with two attached hydrogens (primary N) is 1. The number of sulfone groups is 1. The van der Waals surface area contributed by atoms with Gasteiger partial charge in [-0.2, -0.15) is 0 Å². The molecule has 2 saturated heterocycles. The van der Waals surface area contributed by atoms with E-state index in [0.717, 1.165) is 4.90 Å². The van der Waals surface area contributed by atoms with Crippen LogP contribution in [0, 0.1) is 5.92 Å². The molecule has 2 aliphatic heterocycles. The van der Waals surface area contributed by atoms with Crippen LogP contribution in [0.4, 0.5) is 0 Å². The van der Waals surface area contributed by atoms with Crippen LogP contribution in [0.15, 0.2) is 0 Å². The van der Waals surface area contributed by atoms with Gasteiger partial charge in [0.15, 0.2) is 15.2 Å². The van der Waals surface area contributed by atoms with E-state index in [1.165, 1.54) is 20.8 Å². The van der Waals surface area contributed by atoms with E-state index >= 15 is 0 Å². The fourth-order valence-corrected chi connectivity index (χ4v) is 5.17. The van der Waals surface area contributed by atoms with Crippen molar-refractivity contribution in [2.24, 2.45) is 11.7 Å². The molecule has 2 rings (SSSR count). The minimum Gasteiger partial charge on any atom is -0.480 e. The Hall–Kier alpha value is -1.68. The van der Waals surface area contributed by atoms with Crippen LogP contribution in [-0.4, -0.2) is 65.1 Å². The van der Waals surface area contributed by atoms with Crippen LogP contribution in [0.25, 0.3) is 0 Å². The molecule has 3 N–H and O–H groups in total. The third-order valence-electron chi connectivity index (χ3n) is 4.19. The number of ether oxygens (including phenoxy) is 1. The Bertz CT molecular complexity index is 640. The quantitative estimate of drug-likeness (QED) is 0.458. The Kier molecular flexibility index (Phi) is 3.73. The van der Waals surface area contributed by atoms with Crippen molar-refractivity contribution in [3.8, 4) is 0 Å². The van der Waals surface area contributed by atoms with E-state index in [1.807, 2.05) is 0 Å². The number of carboxylic acids is 1. The molecule has 124 valence electrons. The number of rotatable bonds is 4. The predicted octanol–water partition coefficient (Wildman–Crippen LogP) is -1.68. The van der Waals surface area contributed by atoms with Crippen LogP contribution in [0.3, 0.4) is 0 Å². The zero-order chi connectivity index (χ0) is 17.0. The second-order valence-electron chi connectivity index (χ2n) is 6.05. The molecule has 0 aromatic heterocycles. The molecule has 9 nitrogen and oxygen atoms in total. The first-order chi connectivity index (χ1) is 9.94. The maximum atomic E-state index is 12.5. The predicted molar refractivity (Wildman–Crippen MR) is 73.2 cm³/mol. The lowest BCUT2D eigenvalue weighted by molar-refractivity contribution is -0.169. The number of esters is 1. The van der Waals surface area contributed by atoms with E-state index in [4.69, 9.17) is 10.5 Å². The molecule has 22 heavy (non-hydrogen) atoms. The summed E-state index contributed by atoms with van der Waals surface area (Å²) in [7, 11) is -3.91. The molecule has 4 atom stereocenters. The van der Waals surface area contributed by atoms with Crippen molar-refractivity contribution in [2.75, 3.05) is 6.61 Å². The zero-order valence-electron chi connectivity index (χ0n) is 12.3. The molecule has 0 unspecified atom stereocenters. The number of β-lactam (4-membered cyclic amide) rings is 1. The summed E-state index contributed by atoms with van der Waals surface area (Å²) in [6.45, 7) is 3.52. The normalized spacial score (nSPS) is 32.8. The van der Waals surface area contributed by atoms with Gasteiger partial charge >= 0.3 is 11.9 Å². The summed E-state index contributed by atoms with van der Waals surface area (Å²) in [6, 6.07) is -2.34. The largest absolute Gasteiger partial charge is 0.480 e. The molecule has 0 aliphatic carbocycles. The lowest BCUT2D eigenvalue weighted by Gasteiger charge is -2.42. The number of nitrogens with zero attached hydrogens (tertiary/aromatic N) is 1. The zero-order valence-corrected chi connectivity index (χ0v) is 13.2. The van der Waals surface area contributed by atoms with Gasteiger partial charge in [-0.05, 0) is 20.8 Å². The van der Waals surface area contributed by atoms with Gasteiger partial charge in [0.1, 0.15) is 24.6 Å². The molecule has 0 aromatic rings. The highest BCUT2D eigenvalue weighted by Crippen LogP contribution is 2.48. The standard InChI is InChI=1S/C12H18N2O7S/c1-5(13)11(18)21-4-6-8(15)14-7(10(16)17)12(2,3)22(19,20)9(6)14/h5-7,9H,4,13H2,1-3H3,(H,16,17)/t5-,6-,7-,9+/m0/s1. The van der Waals surface area contributed by atoms with Gasteiger partial charge in [0, 0.05) is 0 Å². The molecular formula is C12H18N2O7S. The van der Waals surface area contributed by atoms with E-state index in [-0.39, 0.29) is 0 Å². The van der Waals surface area contributed by atoms with E-state index in [0.29, 0.717) is 0 Å². The summed E-state index contributed by atoms with van der Waals surface area (Å²) >= 11 is 0. The highest BCUT2D eigenvalue weighted by atomic mass is 32.2. The van der Waals surface area contributed by atoms with Gasteiger partial charge in [-0.3, -0.25) is 9.59 Å². The first-order valence-corrected chi connectivity index (χ1v) is 8.20.